The van der Waals surface area contributed by atoms with E-state index in [1.807, 2.05) is 39.0 Å². The summed E-state index contributed by atoms with van der Waals surface area (Å²) in [6.45, 7) is 8.15. The Morgan fingerprint density at radius 3 is 2.28 bits per heavy atom. The Morgan fingerprint density at radius 1 is 1.10 bits per heavy atom. The minimum atomic E-state index is -3.69. The van der Waals surface area contributed by atoms with Crippen molar-refractivity contribution >= 4 is 27.3 Å². The second kappa shape index (κ2) is 9.78. The molecule has 158 valence electrons. The van der Waals surface area contributed by atoms with Gasteiger partial charge in [-0.05, 0) is 62.1 Å². The van der Waals surface area contributed by atoms with Gasteiger partial charge in [0.15, 0.2) is 0 Å². The fraction of sp³-hybridized carbons (Fsp3) is 0.409. The summed E-state index contributed by atoms with van der Waals surface area (Å²) in [6.07, 6.45) is 2.22. The summed E-state index contributed by atoms with van der Waals surface area (Å²) in [4.78, 5) is 13.2. The molecule has 6 nitrogen and oxygen atoms in total. The maximum absolute atomic E-state index is 13.2. The van der Waals surface area contributed by atoms with E-state index in [1.165, 1.54) is 4.31 Å². The van der Waals surface area contributed by atoms with Gasteiger partial charge in [0.05, 0.1) is 18.6 Å². The van der Waals surface area contributed by atoms with E-state index in [-0.39, 0.29) is 5.91 Å². The molecule has 29 heavy (non-hydrogen) atoms. The zero-order valence-corrected chi connectivity index (χ0v) is 18.5. The van der Waals surface area contributed by atoms with Crippen molar-refractivity contribution in [2.75, 3.05) is 22.5 Å². The molecule has 0 bridgehead atoms. The SMILES string of the molecule is CCOc1ccc(N([C@H](CC)C(=O)Nc2c(C)cccc2CC)S(C)(=O)=O)cc1. The van der Waals surface area contributed by atoms with Gasteiger partial charge in [-0.15, -0.1) is 0 Å². The highest BCUT2D eigenvalue weighted by Gasteiger charge is 2.32. The predicted octanol–water partition coefficient (Wildman–Crippen LogP) is 4.14. The van der Waals surface area contributed by atoms with E-state index in [0.717, 1.165) is 29.5 Å². The molecule has 0 spiro atoms. The first-order valence-electron chi connectivity index (χ1n) is 9.84. The lowest BCUT2D eigenvalue weighted by Gasteiger charge is -2.30. The minimum absolute atomic E-state index is 0.333. The molecule has 2 aromatic carbocycles. The van der Waals surface area contributed by atoms with Crippen LogP contribution in [0.5, 0.6) is 5.75 Å². The summed E-state index contributed by atoms with van der Waals surface area (Å²) in [5.74, 6) is 0.297. The number of rotatable bonds is 9. The number of hydrogen-bond acceptors (Lipinski definition) is 4. The van der Waals surface area contributed by atoms with Crippen molar-refractivity contribution in [3.8, 4) is 5.75 Å². The zero-order valence-electron chi connectivity index (χ0n) is 17.7. The van der Waals surface area contributed by atoms with Gasteiger partial charge in [-0.2, -0.15) is 0 Å². The van der Waals surface area contributed by atoms with Gasteiger partial charge < -0.3 is 10.1 Å². The Kier molecular flexibility index (Phi) is 7.67. The zero-order chi connectivity index (χ0) is 21.6. The quantitative estimate of drug-likeness (QED) is 0.664. The molecule has 1 N–H and O–H groups in total. The lowest BCUT2D eigenvalue weighted by molar-refractivity contribution is -0.117. The van der Waals surface area contributed by atoms with Crippen LogP contribution in [0.25, 0.3) is 0 Å². The van der Waals surface area contributed by atoms with Gasteiger partial charge in [0.25, 0.3) is 0 Å². The van der Waals surface area contributed by atoms with Crippen LogP contribution < -0.4 is 14.4 Å². The molecule has 2 aromatic rings. The lowest BCUT2D eigenvalue weighted by atomic mass is 10.0. The van der Waals surface area contributed by atoms with E-state index in [9.17, 15) is 13.2 Å². The number of ether oxygens (including phenoxy) is 1. The highest BCUT2D eigenvalue weighted by atomic mass is 32.2. The molecule has 0 heterocycles. The third kappa shape index (κ3) is 5.50. The van der Waals surface area contributed by atoms with Crippen LogP contribution in [0, 0.1) is 6.92 Å². The highest BCUT2D eigenvalue weighted by Crippen LogP contribution is 2.27. The van der Waals surface area contributed by atoms with Crippen LogP contribution in [-0.4, -0.2) is 33.2 Å². The normalized spacial score (nSPS) is 12.3. The third-order valence-electron chi connectivity index (χ3n) is 4.72. The number of amides is 1. The van der Waals surface area contributed by atoms with Crippen LogP contribution in [0.3, 0.4) is 0 Å². The molecular weight excluding hydrogens is 388 g/mol. The Labute approximate surface area is 173 Å². The average molecular weight is 419 g/mol. The first kappa shape index (κ1) is 22.7. The number of aryl methyl sites for hydroxylation is 2. The van der Waals surface area contributed by atoms with Crippen LogP contribution in [0.1, 0.15) is 38.3 Å². The summed E-state index contributed by atoms with van der Waals surface area (Å²) in [7, 11) is -3.69. The van der Waals surface area contributed by atoms with Gasteiger partial charge >= 0.3 is 0 Å². The summed E-state index contributed by atoms with van der Waals surface area (Å²) in [5, 5.41) is 2.97. The van der Waals surface area contributed by atoms with Crippen molar-refractivity contribution in [2.24, 2.45) is 0 Å². The molecule has 0 saturated carbocycles. The van der Waals surface area contributed by atoms with E-state index in [1.54, 1.807) is 31.2 Å². The van der Waals surface area contributed by atoms with E-state index in [2.05, 4.69) is 5.32 Å². The van der Waals surface area contributed by atoms with Crippen molar-refractivity contribution < 1.29 is 17.9 Å². The van der Waals surface area contributed by atoms with Crippen LogP contribution in [0.15, 0.2) is 42.5 Å². The Bertz CT molecular complexity index is 940. The second-order valence-electron chi connectivity index (χ2n) is 6.86. The number of nitrogens with zero attached hydrogens (tertiary/aromatic N) is 1. The van der Waals surface area contributed by atoms with Crippen LogP contribution in [0.4, 0.5) is 11.4 Å². The van der Waals surface area contributed by atoms with Gasteiger partial charge in [0, 0.05) is 5.69 Å². The molecule has 0 aliphatic rings. The number of hydrogen-bond donors (Lipinski definition) is 1. The van der Waals surface area contributed by atoms with Gasteiger partial charge in [0.1, 0.15) is 11.8 Å². The first-order chi connectivity index (χ1) is 13.7. The Hall–Kier alpha value is -2.54. The summed E-state index contributed by atoms with van der Waals surface area (Å²) in [5.41, 5.74) is 3.14. The molecule has 1 atom stereocenters. The number of nitrogens with one attached hydrogen (secondary N) is 1. The van der Waals surface area contributed by atoms with E-state index >= 15 is 0 Å². The van der Waals surface area contributed by atoms with Gasteiger partial charge in [-0.3, -0.25) is 9.10 Å². The van der Waals surface area contributed by atoms with E-state index < -0.39 is 16.1 Å². The number of carbonyl (C=O) groups excluding carboxylic acids is 1. The first-order valence-corrected chi connectivity index (χ1v) is 11.7. The second-order valence-corrected chi connectivity index (χ2v) is 8.72. The number of carbonyl (C=O) groups is 1. The lowest BCUT2D eigenvalue weighted by Crippen LogP contribution is -2.47. The molecule has 0 aliphatic heterocycles. The topological polar surface area (TPSA) is 75.7 Å². The fourth-order valence-electron chi connectivity index (χ4n) is 3.32. The highest BCUT2D eigenvalue weighted by molar-refractivity contribution is 7.92. The fourth-order valence-corrected chi connectivity index (χ4v) is 4.54. The number of sulfonamides is 1. The molecule has 1 amide bonds. The summed E-state index contributed by atoms with van der Waals surface area (Å²) < 4.78 is 31.8. The van der Waals surface area contributed by atoms with Crippen molar-refractivity contribution in [3.63, 3.8) is 0 Å². The number of anilines is 2. The molecule has 0 aromatic heterocycles. The molecule has 0 aliphatic carbocycles. The number of benzene rings is 2. The molecule has 7 heteroatoms. The van der Waals surface area contributed by atoms with Crippen LogP contribution in [-0.2, 0) is 21.2 Å². The number of para-hydroxylation sites is 1. The van der Waals surface area contributed by atoms with Crippen LogP contribution >= 0.6 is 0 Å². The molecule has 2 rings (SSSR count). The van der Waals surface area contributed by atoms with Crippen molar-refractivity contribution in [1.82, 2.24) is 0 Å². The standard InChI is InChI=1S/C22H30N2O4S/c1-6-17-11-9-10-16(4)21(17)23-22(25)20(7-2)24(29(5,26)27)18-12-14-19(15-13-18)28-8-3/h9-15,20H,6-8H2,1-5H3,(H,23,25)/t20-/m1/s1. The summed E-state index contributed by atoms with van der Waals surface area (Å²) in [6, 6.07) is 11.7. The molecule has 0 saturated heterocycles. The molecule has 0 fully saturated rings. The summed E-state index contributed by atoms with van der Waals surface area (Å²) >= 11 is 0. The molecular formula is C22H30N2O4S. The monoisotopic (exact) mass is 418 g/mol. The van der Waals surface area contributed by atoms with Gasteiger partial charge in [-0.1, -0.05) is 32.0 Å². The van der Waals surface area contributed by atoms with E-state index in [0.29, 0.717) is 24.5 Å². The van der Waals surface area contributed by atoms with Gasteiger partial charge in [-0.25, -0.2) is 8.42 Å². The third-order valence-corrected chi connectivity index (χ3v) is 5.90. The maximum Gasteiger partial charge on any atom is 0.248 e. The molecule has 0 unspecified atom stereocenters. The molecule has 0 radical (unpaired) electrons. The van der Waals surface area contributed by atoms with Crippen molar-refractivity contribution in [3.05, 3.63) is 53.6 Å². The van der Waals surface area contributed by atoms with Gasteiger partial charge in [0.2, 0.25) is 15.9 Å². The Balaban J connectivity index is 2.40. The maximum atomic E-state index is 13.2. The largest absolute Gasteiger partial charge is 0.494 e. The van der Waals surface area contributed by atoms with E-state index in [4.69, 9.17) is 4.74 Å². The smallest absolute Gasteiger partial charge is 0.248 e. The Morgan fingerprint density at radius 2 is 1.76 bits per heavy atom. The predicted molar refractivity (Wildman–Crippen MR) is 118 cm³/mol. The van der Waals surface area contributed by atoms with Crippen molar-refractivity contribution in [1.29, 1.82) is 0 Å². The average Bonchev–Trinajstić information content (AvgIpc) is 2.67. The van der Waals surface area contributed by atoms with Crippen LogP contribution in [0.2, 0.25) is 0 Å². The minimum Gasteiger partial charge on any atom is -0.494 e. The van der Waals surface area contributed by atoms with Crippen molar-refractivity contribution in [2.45, 2.75) is 46.6 Å².